The molecule has 7 nitrogen and oxygen atoms in total. The first-order valence-electron chi connectivity index (χ1n) is 7.96. The highest BCUT2D eigenvalue weighted by Crippen LogP contribution is 2.21. The van der Waals surface area contributed by atoms with Crippen LogP contribution in [0.15, 0.2) is 12.1 Å². The fourth-order valence-electron chi connectivity index (χ4n) is 3.14. The van der Waals surface area contributed by atoms with Gasteiger partial charge in [0.2, 0.25) is 15.9 Å². The lowest BCUT2D eigenvalue weighted by Crippen LogP contribution is -2.45. The maximum absolute atomic E-state index is 12.4. The van der Waals surface area contributed by atoms with Crippen LogP contribution in [-0.4, -0.2) is 47.4 Å². The van der Waals surface area contributed by atoms with Crippen LogP contribution >= 0.6 is 0 Å². The van der Waals surface area contributed by atoms with Gasteiger partial charge in [0, 0.05) is 6.54 Å². The number of rotatable bonds is 4. The van der Waals surface area contributed by atoms with E-state index in [-0.39, 0.29) is 12.5 Å². The van der Waals surface area contributed by atoms with Crippen molar-refractivity contribution in [2.45, 2.75) is 39.3 Å². The summed E-state index contributed by atoms with van der Waals surface area (Å²) in [6.07, 6.45) is 2.40. The highest BCUT2D eigenvalue weighted by atomic mass is 32.2. The van der Waals surface area contributed by atoms with Gasteiger partial charge in [0.05, 0.1) is 23.8 Å². The number of nitrogens with zero attached hydrogens (tertiary/aromatic N) is 2. The van der Waals surface area contributed by atoms with Gasteiger partial charge in [0.1, 0.15) is 11.9 Å². The number of fused-ring (bicyclic) bond motifs is 1. The Balaban J connectivity index is 1.72. The predicted molar refractivity (Wildman–Crippen MR) is 92.0 cm³/mol. The first kappa shape index (κ1) is 16.9. The molecule has 24 heavy (non-hydrogen) atoms. The summed E-state index contributed by atoms with van der Waals surface area (Å²) in [5, 5.41) is 2.80. The summed E-state index contributed by atoms with van der Waals surface area (Å²) in [6, 6.07) is 3.38. The Morgan fingerprint density at radius 1 is 1.42 bits per heavy atom. The van der Waals surface area contributed by atoms with Crippen LogP contribution in [0.5, 0.6) is 0 Å². The van der Waals surface area contributed by atoms with Crippen molar-refractivity contribution in [2.24, 2.45) is 0 Å². The molecule has 1 aliphatic rings. The van der Waals surface area contributed by atoms with Crippen LogP contribution in [0, 0.1) is 13.8 Å². The van der Waals surface area contributed by atoms with E-state index in [2.05, 4.69) is 15.3 Å². The Morgan fingerprint density at radius 2 is 2.17 bits per heavy atom. The average molecular weight is 350 g/mol. The Kier molecular flexibility index (Phi) is 4.35. The summed E-state index contributed by atoms with van der Waals surface area (Å²) in [5.74, 6) is 0.391. The molecular formula is C16H22N4O3S. The zero-order valence-electron chi connectivity index (χ0n) is 14.1. The van der Waals surface area contributed by atoms with Crippen molar-refractivity contribution in [1.29, 1.82) is 0 Å². The number of aromatic nitrogens is 2. The fourth-order valence-corrected chi connectivity index (χ4v) is 4.26. The lowest BCUT2D eigenvalue weighted by atomic mass is 10.1. The highest BCUT2D eigenvalue weighted by molar-refractivity contribution is 7.88. The molecule has 0 spiro atoms. The lowest BCUT2D eigenvalue weighted by molar-refractivity contribution is -0.124. The second kappa shape index (κ2) is 6.18. The number of hydrogen-bond donors (Lipinski definition) is 2. The molecule has 1 fully saturated rings. The van der Waals surface area contributed by atoms with Gasteiger partial charge in [-0.2, -0.15) is 4.31 Å². The summed E-state index contributed by atoms with van der Waals surface area (Å²) in [6.45, 7) is 4.70. The van der Waals surface area contributed by atoms with E-state index in [1.165, 1.54) is 9.87 Å². The molecule has 1 amide bonds. The Hall–Kier alpha value is -1.93. The number of H-pyrrole nitrogens is 1. The molecule has 1 aromatic carbocycles. The third-order valence-electron chi connectivity index (χ3n) is 4.59. The highest BCUT2D eigenvalue weighted by Gasteiger charge is 2.36. The van der Waals surface area contributed by atoms with Crippen LogP contribution in [0.2, 0.25) is 0 Å². The molecule has 1 aromatic heterocycles. The predicted octanol–water partition coefficient (Wildman–Crippen LogP) is 1.22. The van der Waals surface area contributed by atoms with Crippen LogP contribution in [0.3, 0.4) is 0 Å². The van der Waals surface area contributed by atoms with Gasteiger partial charge in [-0.25, -0.2) is 13.4 Å². The molecule has 2 heterocycles. The molecule has 1 atom stereocenters. The van der Waals surface area contributed by atoms with Crippen LogP contribution in [0.4, 0.5) is 0 Å². The molecular weight excluding hydrogens is 328 g/mol. The van der Waals surface area contributed by atoms with Gasteiger partial charge >= 0.3 is 0 Å². The van der Waals surface area contributed by atoms with Crippen molar-refractivity contribution >= 4 is 27.0 Å². The van der Waals surface area contributed by atoms with Crippen molar-refractivity contribution < 1.29 is 13.2 Å². The third-order valence-corrected chi connectivity index (χ3v) is 5.88. The first-order valence-corrected chi connectivity index (χ1v) is 9.81. The molecule has 0 radical (unpaired) electrons. The van der Waals surface area contributed by atoms with Crippen molar-refractivity contribution in [3.8, 4) is 0 Å². The molecule has 1 saturated heterocycles. The second-order valence-corrected chi connectivity index (χ2v) is 8.27. The Morgan fingerprint density at radius 3 is 2.88 bits per heavy atom. The third kappa shape index (κ3) is 3.16. The van der Waals surface area contributed by atoms with E-state index in [0.717, 1.165) is 22.9 Å². The van der Waals surface area contributed by atoms with Crippen molar-refractivity contribution in [3.63, 3.8) is 0 Å². The molecule has 2 N–H and O–H groups in total. The number of sulfonamides is 1. The van der Waals surface area contributed by atoms with Gasteiger partial charge in [-0.1, -0.05) is 6.07 Å². The van der Waals surface area contributed by atoms with Crippen molar-refractivity contribution in [3.05, 3.63) is 29.1 Å². The Bertz CT molecular complexity index is 888. The summed E-state index contributed by atoms with van der Waals surface area (Å²) in [4.78, 5) is 20.1. The monoisotopic (exact) mass is 350 g/mol. The standard InChI is InChI=1S/C16H22N4O3S/c1-10-6-7-12-15(11(10)2)19-14(18-12)9-17-16(21)13-5-4-8-20(13)24(3,22)23/h6-7,13H,4-5,8-9H2,1-3H3,(H,17,21)(H,18,19)/t13-/m0/s1. The summed E-state index contributed by atoms with van der Waals surface area (Å²) in [7, 11) is -3.36. The number of aryl methyl sites for hydroxylation is 2. The number of carbonyl (C=O) groups excluding carboxylic acids is 1. The van der Waals surface area contributed by atoms with E-state index < -0.39 is 16.1 Å². The number of carbonyl (C=O) groups is 1. The second-order valence-electron chi connectivity index (χ2n) is 6.34. The summed E-state index contributed by atoms with van der Waals surface area (Å²) >= 11 is 0. The molecule has 3 rings (SSSR count). The normalized spacial score (nSPS) is 19.0. The first-order chi connectivity index (χ1) is 11.3. The van der Waals surface area contributed by atoms with E-state index in [1.807, 2.05) is 26.0 Å². The van der Waals surface area contributed by atoms with Gasteiger partial charge in [-0.15, -0.1) is 0 Å². The largest absolute Gasteiger partial charge is 0.347 e. The molecule has 130 valence electrons. The lowest BCUT2D eigenvalue weighted by Gasteiger charge is -2.21. The molecule has 0 bridgehead atoms. The van der Waals surface area contributed by atoms with Crippen LogP contribution in [0.25, 0.3) is 11.0 Å². The molecule has 0 unspecified atom stereocenters. The Labute approximate surface area is 141 Å². The molecule has 8 heteroatoms. The van der Waals surface area contributed by atoms with Crippen molar-refractivity contribution in [1.82, 2.24) is 19.6 Å². The van der Waals surface area contributed by atoms with E-state index in [9.17, 15) is 13.2 Å². The zero-order valence-corrected chi connectivity index (χ0v) is 14.9. The van der Waals surface area contributed by atoms with E-state index in [0.29, 0.717) is 25.2 Å². The van der Waals surface area contributed by atoms with Gasteiger partial charge in [0.25, 0.3) is 0 Å². The van der Waals surface area contributed by atoms with E-state index >= 15 is 0 Å². The minimum absolute atomic E-state index is 0.250. The number of benzene rings is 1. The maximum atomic E-state index is 12.4. The number of imidazole rings is 1. The zero-order chi connectivity index (χ0) is 17.5. The van der Waals surface area contributed by atoms with Crippen LogP contribution in [0.1, 0.15) is 29.8 Å². The quantitative estimate of drug-likeness (QED) is 0.867. The summed E-state index contributed by atoms with van der Waals surface area (Å²) < 4.78 is 24.7. The fraction of sp³-hybridized carbons (Fsp3) is 0.500. The van der Waals surface area contributed by atoms with E-state index in [4.69, 9.17) is 0 Å². The minimum atomic E-state index is -3.36. The number of hydrogen-bond acceptors (Lipinski definition) is 4. The van der Waals surface area contributed by atoms with Crippen LogP contribution in [-0.2, 0) is 21.4 Å². The number of amides is 1. The number of nitrogens with one attached hydrogen (secondary N) is 2. The van der Waals surface area contributed by atoms with Crippen molar-refractivity contribution in [2.75, 3.05) is 12.8 Å². The van der Waals surface area contributed by atoms with Gasteiger partial charge in [-0.05, 0) is 43.9 Å². The minimum Gasteiger partial charge on any atom is -0.347 e. The van der Waals surface area contributed by atoms with Gasteiger partial charge in [0.15, 0.2) is 0 Å². The topological polar surface area (TPSA) is 95.2 Å². The smallest absolute Gasteiger partial charge is 0.238 e. The molecule has 0 saturated carbocycles. The molecule has 0 aliphatic carbocycles. The van der Waals surface area contributed by atoms with E-state index in [1.54, 1.807) is 0 Å². The maximum Gasteiger partial charge on any atom is 0.238 e. The van der Waals surface area contributed by atoms with Crippen LogP contribution < -0.4 is 5.32 Å². The molecule has 1 aliphatic heterocycles. The molecule has 2 aromatic rings. The average Bonchev–Trinajstić information content (AvgIpc) is 3.15. The SMILES string of the molecule is Cc1ccc2[nH]c(CNC(=O)[C@@H]3CCCN3S(C)(=O)=O)nc2c1C. The van der Waals surface area contributed by atoms with Gasteiger partial charge in [-0.3, -0.25) is 4.79 Å². The number of aromatic amines is 1. The summed E-state index contributed by atoms with van der Waals surface area (Å²) in [5.41, 5.74) is 4.11. The van der Waals surface area contributed by atoms with Gasteiger partial charge < -0.3 is 10.3 Å².